The van der Waals surface area contributed by atoms with E-state index in [-0.39, 0.29) is 0 Å². The highest BCUT2D eigenvalue weighted by atomic mass is 15.1. The lowest BCUT2D eigenvalue weighted by atomic mass is 10.2. The molecule has 1 fully saturated rings. The molecular weight excluding hydrogens is 174 g/mol. The van der Waals surface area contributed by atoms with E-state index in [1.54, 1.807) is 0 Å². The van der Waals surface area contributed by atoms with E-state index in [1.165, 1.54) is 24.4 Å². The summed E-state index contributed by atoms with van der Waals surface area (Å²) in [5, 5.41) is 0. The fourth-order valence-electron chi connectivity index (χ4n) is 1.98. The van der Waals surface area contributed by atoms with Crippen molar-refractivity contribution in [3.8, 4) is 0 Å². The molecule has 0 saturated heterocycles. The summed E-state index contributed by atoms with van der Waals surface area (Å²) in [4.78, 5) is 4.53. The van der Waals surface area contributed by atoms with Crippen molar-refractivity contribution in [2.45, 2.75) is 45.1 Å². The SMILES string of the molecule is CC(C)n1c(CCN)cnc1C1CC1. The van der Waals surface area contributed by atoms with Gasteiger partial charge in [-0.15, -0.1) is 0 Å². The molecule has 0 amide bonds. The van der Waals surface area contributed by atoms with Gasteiger partial charge in [0.15, 0.2) is 0 Å². The highest BCUT2D eigenvalue weighted by Gasteiger charge is 2.29. The van der Waals surface area contributed by atoms with Gasteiger partial charge in [-0.25, -0.2) is 4.98 Å². The van der Waals surface area contributed by atoms with Gasteiger partial charge in [0, 0.05) is 30.3 Å². The third-order valence-corrected chi connectivity index (χ3v) is 2.76. The second-order valence-electron chi connectivity index (χ2n) is 4.38. The largest absolute Gasteiger partial charge is 0.330 e. The summed E-state index contributed by atoms with van der Waals surface area (Å²) in [5.74, 6) is 2.01. The highest BCUT2D eigenvalue weighted by Crippen LogP contribution is 2.40. The molecule has 2 N–H and O–H groups in total. The van der Waals surface area contributed by atoms with Crippen LogP contribution in [0.15, 0.2) is 6.20 Å². The average Bonchev–Trinajstić information content (AvgIpc) is 2.88. The fraction of sp³-hybridized carbons (Fsp3) is 0.727. The Morgan fingerprint density at radius 3 is 2.79 bits per heavy atom. The predicted molar refractivity (Wildman–Crippen MR) is 57.3 cm³/mol. The van der Waals surface area contributed by atoms with Crippen molar-refractivity contribution in [1.82, 2.24) is 9.55 Å². The second-order valence-corrected chi connectivity index (χ2v) is 4.38. The molecular formula is C11H19N3. The lowest BCUT2D eigenvalue weighted by Crippen LogP contribution is -2.12. The van der Waals surface area contributed by atoms with E-state index in [0.29, 0.717) is 12.6 Å². The topological polar surface area (TPSA) is 43.8 Å². The monoisotopic (exact) mass is 193 g/mol. The molecule has 14 heavy (non-hydrogen) atoms. The molecule has 3 nitrogen and oxygen atoms in total. The van der Waals surface area contributed by atoms with Crippen LogP contribution in [0.1, 0.15) is 50.2 Å². The Morgan fingerprint density at radius 1 is 1.57 bits per heavy atom. The normalized spacial score (nSPS) is 16.6. The Kier molecular flexibility index (Phi) is 2.59. The second kappa shape index (κ2) is 3.73. The number of rotatable bonds is 4. The summed E-state index contributed by atoms with van der Waals surface area (Å²) in [6.07, 6.45) is 5.57. The Labute approximate surface area is 85.3 Å². The number of imidazole rings is 1. The number of nitrogens with zero attached hydrogens (tertiary/aromatic N) is 2. The lowest BCUT2D eigenvalue weighted by Gasteiger charge is -2.15. The molecule has 0 radical (unpaired) electrons. The summed E-state index contributed by atoms with van der Waals surface area (Å²) < 4.78 is 2.37. The van der Waals surface area contributed by atoms with Gasteiger partial charge in [0.25, 0.3) is 0 Å². The number of hydrogen-bond acceptors (Lipinski definition) is 2. The van der Waals surface area contributed by atoms with Crippen molar-refractivity contribution in [3.63, 3.8) is 0 Å². The van der Waals surface area contributed by atoms with Crippen LogP contribution < -0.4 is 5.73 Å². The zero-order valence-electron chi connectivity index (χ0n) is 9.03. The van der Waals surface area contributed by atoms with Crippen LogP contribution in [-0.2, 0) is 6.42 Å². The molecule has 1 aliphatic carbocycles. The molecule has 0 atom stereocenters. The van der Waals surface area contributed by atoms with Crippen molar-refractivity contribution in [2.24, 2.45) is 5.73 Å². The van der Waals surface area contributed by atoms with E-state index in [9.17, 15) is 0 Å². The Bertz CT molecular complexity index is 310. The molecule has 1 aromatic heterocycles. The van der Waals surface area contributed by atoms with Gasteiger partial charge in [-0.05, 0) is 33.2 Å². The standard InChI is InChI=1S/C11H19N3/c1-8(2)14-10(5-6-12)7-13-11(14)9-3-4-9/h7-9H,3-6,12H2,1-2H3. The Balaban J connectivity index is 2.31. The summed E-state index contributed by atoms with van der Waals surface area (Å²) in [6, 6.07) is 0.509. The summed E-state index contributed by atoms with van der Waals surface area (Å²) in [7, 11) is 0. The van der Waals surface area contributed by atoms with Crippen LogP contribution >= 0.6 is 0 Å². The van der Waals surface area contributed by atoms with Gasteiger partial charge in [0.05, 0.1) is 0 Å². The van der Waals surface area contributed by atoms with Crippen LogP contribution in [0.2, 0.25) is 0 Å². The number of nitrogens with two attached hydrogens (primary N) is 1. The van der Waals surface area contributed by atoms with Crippen molar-refractivity contribution in [2.75, 3.05) is 6.54 Å². The smallest absolute Gasteiger partial charge is 0.112 e. The molecule has 3 heteroatoms. The number of aromatic nitrogens is 2. The minimum absolute atomic E-state index is 0.509. The zero-order chi connectivity index (χ0) is 10.1. The summed E-state index contributed by atoms with van der Waals surface area (Å²) >= 11 is 0. The first kappa shape index (κ1) is 9.71. The third kappa shape index (κ3) is 1.69. The van der Waals surface area contributed by atoms with Crippen molar-refractivity contribution >= 4 is 0 Å². The van der Waals surface area contributed by atoms with E-state index in [1.807, 2.05) is 6.20 Å². The first-order chi connectivity index (χ1) is 6.74. The fourth-order valence-corrected chi connectivity index (χ4v) is 1.98. The summed E-state index contributed by atoms with van der Waals surface area (Å²) in [5.41, 5.74) is 6.89. The number of hydrogen-bond donors (Lipinski definition) is 1. The van der Waals surface area contributed by atoms with Gasteiger partial charge in [-0.1, -0.05) is 0 Å². The first-order valence-corrected chi connectivity index (χ1v) is 5.50. The molecule has 1 saturated carbocycles. The van der Waals surface area contributed by atoms with E-state index in [4.69, 9.17) is 5.73 Å². The highest BCUT2D eigenvalue weighted by molar-refractivity contribution is 5.15. The molecule has 0 unspecified atom stereocenters. The maximum Gasteiger partial charge on any atom is 0.112 e. The Hall–Kier alpha value is -0.830. The van der Waals surface area contributed by atoms with Gasteiger partial charge in [0.2, 0.25) is 0 Å². The Morgan fingerprint density at radius 2 is 2.29 bits per heavy atom. The molecule has 78 valence electrons. The van der Waals surface area contributed by atoms with Crippen molar-refractivity contribution in [3.05, 3.63) is 17.7 Å². The van der Waals surface area contributed by atoms with Crippen LogP contribution in [0.4, 0.5) is 0 Å². The molecule has 2 rings (SSSR count). The van der Waals surface area contributed by atoms with Crippen LogP contribution in [0.25, 0.3) is 0 Å². The summed E-state index contributed by atoms with van der Waals surface area (Å²) in [6.45, 7) is 5.14. The molecule has 0 aromatic carbocycles. The molecule has 0 bridgehead atoms. The van der Waals surface area contributed by atoms with Crippen LogP contribution in [-0.4, -0.2) is 16.1 Å². The van der Waals surface area contributed by atoms with Gasteiger partial charge in [-0.3, -0.25) is 0 Å². The molecule has 1 aliphatic rings. The van der Waals surface area contributed by atoms with Crippen LogP contribution in [0.3, 0.4) is 0 Å². The van der Waals surface area contributed by atoms with E-state index in [0.717, 1.165) is 12.3 Å². The van der Waals surface area contributed by atoms with Gasteiger partial charge < -0.3 is 10.3 Å². The van der Waals surface area contributed by atoms with Crippen LogP contribution in [0, 0.1) is 0 Å². The van der Waals surface area contributed by atoms with E-state index >= 15 is 0 Å². The van der Waals surface area contributed by atoms with E-state index < -0.39 is 0 Å². The van der Waals surface area contributed by atoms with Gasteiger partial charge in [-0.2, -0.15) is 0 Å². The first-order valence-electron chi connectivity index (χ1n) is 5.50. The third-order valence-electron chi connectivity index (χ3n) is 2.76. The minimum Gasteiger partial charge on any atom is -0.330 e. The van der Waals surface area contributed by atoms with Gasteiger partial charge in [0.1, 0.15) is 5.82 Å². The molecule has 0 aliphatic heterocycles. The van der Waals surface area contributed by atoms with Crippen molar-refractivity contribution < 1.29 is 0 Å². The molecule has 1 heterocycles. The lowest BCUT2D eigenvalue weighted by molar-refractivity contribution is 0.546. The maximum absolute atomic E-state index is 5.59. The van der Waals surface area contributed by atoms with Crippen molar-refractivity contribution in [1.29, 1.82) is 0 Å². The van der Waals surface area contributed by atoms with Crippen LogP contribution in [0.5, 0.6) is 0 Å². The molecule has 0 spiro atoms. The quantitative estimate of drug-likeness (QED) is 0.793. The molecule has 1 aromatic rings. The van der Waals surface area contributed by atoms with E-state index in [2.05, 4.69) is 23.4 Å². The minimum atomic E-state index is 0.509. The van der Waals surface area contributed by atoms with Gasteiger partial charge >= 0.3 is 0 Å². The zero-order valence-corrected chi connectivity index (χ0v) is 9.03. The maximum atomic E-state index is 5.59. The predicted octanol–water partition coefficient (Wildman–Crippen LogP) is 1.84. The average molecular weight is 193 g/mol.